The molecule has 1 saturated heterocycles. The largest absolute Gasteiger partial charge is 0.313 e. The predicted molar refractivity (Wildman–Crippen MR) is 78.9 cm³/mol. The maximum absolute atomic E-state index is 3.76. The average Bonchev–Trinajstić information content (AvgIpc) is 3.19. The molecule has 2 fully saturated rings. The minimum absolute atomic E-state index is 0.747. The second-order valence-electron chi connectivity index (χ2n) is 6.64. The lowest BCUT2D eigenvalue weighted by Gasteiger charge is -2.41. The molecule has 2 nitrogen and oxygen atoms in total. The molecule has 18 heavy (non-hydrogen) atoms. The maximum atomic E-state index is 3.76. The van der Waals surface area contributed by atoms with Crippen LogP contribution >= 0.6 is 0 Å². The van der Waals surface area contributed by atoms with Crippen molar-refractivity contribution in [3.05, 3.63) is 0 Å². The topological polar surface area (TPSA) is 15.3 Å². The summed E-state index contributed by atoms with van der Waals surface area (Å²) in [4.78, 5) is 2.74. The highest BCUT2D eigenvalue weighted by Gasteiger charge is 2.32. The van der Waals surface area contributed by atoms with E-state index in [9.17, 15) is 0 Å². The molecule has 2 heteroatoms. The minimum atomic E-state index is 0.747. The van der Waals surface area contributed by atoms with Crippen LogP contribution in [-0.2, 0) is 0 Å². The van der Waals surface area contributed by atoms with E-state index in [1.165, 1.54) is 58.2 Å². The monoisotopic (exact) mass is 252 g/mol. The Hall–Kier alpha value is -0.0800. The second-order valence-corrected chi connectivity index (χ2v) is 6.64. The van der Waals surface area contributed by atoms with Crippen LogP contribution in [0.25, 0.3) is 0 Å². The van der Waals surface area contributed by atoms with E-state index in [4.69, 9.17) is 0 Å². The van der Waals surface area contributed by atoms with Crippen LogP contribution in [0.3, 0.4) is 0 Å². The van der Waals surface area contributed by atoms with E-state index >= 15 is 0 Å². The fourth-order valence-electron chi connectivity index (χ4n) is 3.35. The van der Waals surface area contributed by atoms with Crippen molar-refractivity contribution in [3.63, 3.8) is 0 Å². The molecule has 1 heterocycles. The van der Waals surface area contributed by atoms with Crippen LogP contribution in [0.2, 0.25) is 0 Å². The Morgan fingerprint density at radius 2 is 1.94 bits per heavy atom. The zero-order valence-electron chi connectivity index (χ0n) is 12.6. The van der Waals surface area contributed by atoms with Gasteiger partial charge in [-0.2, -0.15) is 0 Å². The molecule has 0 radical (unpaired) electrons. The average molecular weight is 252 g/mol. The molecule has 106 valence electrons. The first-order valence-electron chi connectivity index (χ1n) is 8.20. The van der Waals surface area contributed by atoms with Crippen LogP contribution < -0.4 is 5.32 Å². The van der Waals surface area contributed by atoms with Gasteiger partial charge in [0.25, 0.3) is 0 Å². The Labute approximate surface area is 114 Å². The van der Waals surface area contributed by atoms with Crippen molar-refractivity contribution in [3.8, 4) is 0 Å². The van der Waals surface area contributed by atoms with Crippen molar-refractivity contribution in [2.75, 3.05) is 19.6 Å². The highest BCUT2D eigenvalue weighted by molar-refractivity contribution is 4.88. The van der Waals surface area contributed by atoms with E-state index in [0.29, 0.717) is 0 Å². The number of likely N-dealkylation sites (tertiary alicyclic amines) is 1. The summed E-state index contributed by atoms with van der Waals surface area (Å²) in [6.45, 7) is 10.8. The smallest absolute Gasteiger partial charge is 0.0198 e. The van der Waals surface area contributed by atoms with Crippen LogP contribution in [0.5, 0.6) is 0 Å². The number of rotatable bonds is 7. The van der Waals surface area contributed by atoms with Gasteiger partial charge in [-0.15, -0.1) is 0 Å². The summed E-state index contributed by atoms with van der Waals surface area (Å²) in [6, 6.07) is 1.51. The molecule has 0 aromatic carbocycles. The van der Waals surface area contributed by atoms with Gasteiger partial charge in [-0.25, -0.2) is 0 Å². The molecule has 1 saturated carbocycles. The number of hydrogen-bond acceptors (Lipinski definition) is 2. The normalized spacial score (nSPS) is 31.5. The fraction of sp³-hybridized carbons (Fsp3) is 1.00. The third-order valence-corrected chi connectivity index (χ3v) is 4.83. The standard InChI is InChI=1S/C16H32N2/c1-4-8-17-16-10-15(9-14-6-7-14)11-18(12-16)13(3)5-2/h13-17H,4-12H2,1-3H3. The van der Waals surface area contributed by atoms with Crippen molar-refractivity contribution in [1.29, 1.82) is 0 Å². The summed E-state index contributed by atoms with van der Waals surface area (Å²) in [6.07, 6.45) is 8.48. The summed E-state index contributed by atoms with van der Waals surface area (Å²) in [5.41, 5.74) is 0. The van der Waals surface area contributed by atoms with Gasteiger partial charge in [-0.1, -0.05) is 26.7 Å². The molecule has 0 bridgehead atoms. The molecule has 0 spiro atoms. The van der Waals surface area contributed by atoms with Crippen molar-refractivity contribution >= 4 is 0 Å². The minimum Gasteiger partial charge on any atom is -0.313 e. The van der Waals surface area contributed by atoms with Crippen LogP contribution in [0.1, 0.15) is 59.3 Å². The van der Waals surface area contributed by atoms with E-state index in [1.54, 1.807) is 0 Å². The quantitative estimate of drug-likeness (QED) is 0.748. The Kier molecular flexibility index (Phi) is 5.50. The number of piperidine rings is 1. The van der Waals surface area contributed by atoms with Gasteiger partial charge in [0.05, 0.1) is 0 Å². The molecule has 0 aromatic rings. The van der Waals surface area contributed by atoms with Gasteiger partial charge in [-0.05, 0) is 51.0 Å². The molecule has 0 amide bonds. The highest BCUT2D eigenvalue weighted by atomic mass is 15.2. The molecule has 3 atom stereocenters. The van der Waals surface area contributed by atoms with Crippen LogP contribution in [0.15, 0.2) is 0 Å². The highest BCUT2D eigenvalue weighted by Crippen LogP contribution is 2.38. The lowest BCUT2D eigenvalue weighted by molar-refractivity contribution is 0.0962. The van der Waals surface area contributed by atoms with E-state index < -0.39 is 0 Å². The SMILES string of the molecule is CCCNC1CC(CC2CC2)CN(C(C)CC)C1. The van der Waals surface area contributed by atoms with Gasteiger partial charge >= 0.3 is 0 Å². The molecule has 0 aromatic heterocycles. The fourth-order valence-corrected chi connectivity index (χ4v) is 3.35. The van der Waals surface area contributed by atoms with Crippen molar-refractivity contribution in [1.82, 2.24) is 10.2 Å². The summed E-state index contributed by atoms with van der Waals surface area (Å²) < 4.78 is 0. The van der Waals surface area contributed by atoms with E-state index in [1.807, 2.05) is 0 Å². The van der Waals surface area contributed by atoms with Crippen LogP contribution in [0, 0.1) is 11.8 Å². The summed E-state index contributed by atoms with van der Waals surface area (Å²) in [5.74, 6) is 2.04. The predicted octanol–water partition coefficient (Wildman–Crippen LogP) is 3.28. The van der Waals surface area contributed by atoms with Gasteiger partial charge < -0.3 is 5.32 Å². The first kappa shape index (κ1) is 14.3. The molecular formula is C16H32N2. The van der Waals surface area contributed by atoms with E-state index in [2.05, 4.69) is 31.0 Å². The van der Waals surface area contributed by atoms with E-state index in [-0.39, 0.29) is 0 Å². The second kappa shape index (κ2) is 6.91. The van der Waals surface area contributed by atoms with Crippen molar-refractivity contribution in [2.45, 2.75) is 71.4 Å². The summed E-state index contributed by atoms with van der Waals surface area (Å²) in [5, 5.41) is 3.76. The lowest BCUT2D eigenvalue weighted by Crippen LogP contribution is -2.52. The van der Waals surface area contributed by atoms with Gasteiger partial charge in [0, 0.05) is 25.2 Å². The summed E-state index contributed by atoms with van der Waals surface area (Å²) >= 11 is 0. The van der Waals surface area contributed by atoms with Crippen LogP contribution in [0.4, 0.5) is 0 Å². The zero-order chi connectivity index (χ0) is 13.0. The number of nitrogens with one attached hydrogen (secondary N) is 1. The molecule has 3 unspecified atom stereocenters. The first-order chi connectivity index (χ1) is 8.72. The van der Waals surface area contributed by atoms with Crippen molar-refractivity contribution in [2.24, 2.45) is 11.8 Å². The lowest BCUT2D eigenvalue weighted by atomic mass is 9.88. The Bertz CT molecular complexity index is 237. The zero-order valence-corrected chi connectivity index (χ0v) is 12.6. The molecule has 1 aliphatic carbocycles. The van der Waals surface area contributed by atoms with Gasteiger partial charge in [0.1, 0.15) is 0 Å². The number of nitrogens with zero attached hydrogens (tertiary/aromatic N) is 1. The van der Waals surface area contributed by atoms with Gasteiger partial charge in [0.2, 0.25) is 0 Å². The molecule has 2 aliphatic rings. The van der Waals surface area contributed by atoms with Gasteiger partial charge in [-0.3, -0.25) is 4.90 Å². The van der Waals surface area contributed by atoms with Crippen molar-refractivity contribution < 1.29 is 0 Å². The molecular weight excluding hydrogens is 220 g/mol. The molecule has 2 rings (SSSR count). The van der Waals surface area contributed by atoms with Gasteiger partial charge in [0.15, 0.2) is 0 Å². The number of hydrogen-bond donors (Lipinski definition) is 1. The molecule has 1 aliphatic heterocycles. The summed E-state index contributed by atoms with van der Waals surface area (Å²) in [7, 11) is 0. The van der Waals surface area contributed by atoms with E-state index in [0.717, 1.165) is 23.9 Å². The third kappa shape index (κ3) is 4.24. The Morgan fingerprint density at radius 1 is 1.17 bits per heavy atom. The maximum Gasteiger partial charge on any atom is 0.0198 e. The first-order valence-corrected chi connectivity index (χ1v) is 8.20. The Morgan fingerprint density at radius 3 is 2.56 bits per heavy atom. The molecule has 1 N–H and O–H groups in total. The van der Waals surface area contributed by atoms with Crippen LogP contribution in [-0.4, -0.2) is 36.6 Å². The third-order valence-electron chi connectivity index (χ3n) is 4.83. The Balaban J connectivity index is 1.86.